The first-order valence-corrected chi connectivity index (χ1v) is 11.2. The van der Waals surface area contributed by atoms with Crippen molar-refractivity contribution in [3.05, 3.63) is 43.2 Å². The van der Waals surface area contributed by atoms with Gasteiger partial charge in [0.05, 0.1) is 21.3 Å². The number of carbonyl (C=O) groups is 3. The highest BCUT2D eigenvalue weighted by molar-refractivity contribution is 7.17. The highest BCUT2D eigenvalue weighted by Gasteiger charge is 2.29. The van der Waals surface area contributed by atoms with Gasteiger partial charge in [-0.05, 0) is 50.3 Å². The molecule has 0 saturated carbocycles. The standard InChI is InChI=1S/C20H19Cl3N2O4S/c1-9(18(27)25-17-13(22)7-11(21)8-14(17)23)29-20(28)16-12-5-3-4-6-15(12)30-19(16)24-10(2)26/h7-9H,3-6H2,1-2H3,(H,24,26)(H,25,27). The van der Waals surface area contributed by atoms with Crippen molar-refractivity contribution in [1.82, 2.24) is 0 Å². The second-order valence-corrected chi connectivity index (χ2v) is 9.23. The number of ether oxygens (including phenoxy) is 1. The van der Waals surface area contributed by atoms with Gasteiger partial charge in [-0.1, -0.05) is 34.8 Å². The Morgan fingerprint density at radius 2 is 1.70 bits per heavy atom. The molecule has 1 heterocycles. The summed E-state index contributed by atoms with van der Waals surface area (Å²) < 4.78 is 5.41. The van der Waals surface area contributed by atoms with Gasteiger partial charge in [-0.25, -0.2) is 4.79 Å². The fourth-order valence-electron chi connectivity index (χ4n) is 3.19. The van der Waals surface area contributed by atoms with E-state index in [-0.39, 0.29) is 21.6 Å². The minimum absolute atomic E-state index is 0.166. The Bertz CT molecular complexity index is 999. The molecule has 0 spiro atoms. The minimum Gasteiger partial charge on any atom is -0.449 e. The van der Waals surface area contributed by atoms with Gasteiger partial charge >= 0.3 is 5.97 Å². The first-order chi connectivity index (χ1) is 14.2. The van der Waals surface area contributed by atoms with E-state index in [1.54, 1.807) is 0 Å². The van der Waals surface area contributed by atoms with Gasteiger partial charge < -0.3 is 15.4 Å². The van der Waals surface area contributed by atoms with Crippen molar-refractivity contribution < 1.29 is 19.1 Å². The molecule has 1 aliphatic rings. The Morgan fingerprint density at radius 3 is 2.33 bits per heavy atom. The third-order valence-electron chi connectivity index (χ3n) is 4.57. The zero-order valence-electron chi connectivity index (χ0n) is 16.2. The summed E-state index contributed by atoms with van der Waals surface area (Å²) in [4.78, 5) is 38.1. The van der Waals surface area contributed by atoms with E-state index in [0.717, 1.165) is 36.1 Å². The van der Waals surface area contributed by atoms with Gasteiger partial charge in [0.25, 0.3) is 5.91 Å². The molecule has 0 saturated heterocycles. The van der Waals surface area contributed by atoms with Gasteiger partial charge in [0, 0.05) is 16.8 Å². The van der Waals surface area contributed by atoms with Crippen LogP contribution in [0.2, 0.25) is 15.1 Å². The maximum absolute atomic E-state index is 12.9. The SMILES string of the molecule is CC(=O)Nc1sc2c(c1C(=O)OC(C)C(=O)Nc1c(Cl)cc(Cl)cc1Cl)CCCC2. The zero-order valence-corrected chi connectivity index (χ0v) is 19.3. The Kier molecular flexibility index (Phi) is 7.29. The van der Waals surface area contributed by atoms with Crippen LogP contribution in [0.1, 0.15) is 47.5 Å². The summed E-state index contributed by atoms with van der Waals surface area (Å²) in [6.07, 6.45) is 2.44. The summed E-state index contributed by atoms with van der Waals surface area (Å²) >= 11 is 19.4. The quantitative estimate of drug-likeness (QED) is 0.525. The molecule has 30 heavy (non-hydrogen) atoms. The molecule has 0 bridgehead atoms. The van der Waals surface area contributed by atoms with E-state index in [1.807, 2.05) is 0 Å². The van der Waals surface area contributed by atoms with Gasteiger partial charge in [-0.3, -0.25) is 9.59 Å². The Labute approximate surface area is 192 Å². The third-order valence-corrected chi connectivity index (χ3v) is 6.59. The van der Waals surface area contributed by atoms with Crippen LogP contribution >= 0.6 is 46.1 Å². The fraction of sp³-hybridized carbons (Fsp3) is 0.350. The number of fused-ring (bicyclic) bond motifs is 1. The molecular formula is C20H19Cl3N2O4S. The van der Waals surface area contributed by atoms with Crippen LogP contribution in [0.5, 0.6) is 0 Å². The molecule has 2 amide bonds. The summed E-state index contributed by atoms with van der Waals surface area (Å²) in [7, 11) is 0. The highest BCUT2D eigenvalue weighted by atomic mass is 35.5. The highest BCUT2D eigenvalue weighted by Crippen LogP contribution is 2.39. The number of esters is 1. The topological polar surface area (TPSA) is 84.5 Å². The Balaban J connectivity index is 1.78. The predicted octanol–water partition coefficient (Wildman–Crippen LogP) is 5.73. The van der Waals surface area contributed by atoms with E-state index in [2.05, 4.69) is 10.6 Å². The molecular weight excluding hydrogens is 471 g/mol. The summed E-state index contributed by atoms with van der Waals surface area (Å²) in [5.74, 6) is -1.53. The van der Waals surface area contributed by atoms with Crippen molar-refractivity contribution in [2.24, 2.45) is 0 Å². The lowest BCUT2D eigenvalue weighted by Crippen LogP contribution is -2.30. The number of nitrogens with one attached hydrogen (secondary N) is 2. The summed E-state index contributed by atoms with van der Waals surface area (Å²) in [5.41, 5.74) is 1.39. The number of anilines is 2. The first kappa shape index (κ1) is 22.9. The van der Waals surface area contributed by atoms with Crippen molar-refractivity contribution in [2.75, 3.05) is 10.6 Å². The molecule has 6 nitrogen and oxygen atoms in total. The van der Waals surface area contributed by atoms with E-state index in [0.29, 0.717) is 15.6 Å². The van der Waals surface area contributed by atoms with Crippen LogP contribution in [0.25, 0.3) is 0 Å². The van der Waals surface area contributed by atoms with Gasteiger partial charge in [-0.2, -0.15) is 0 Å². The Morgan fingerprint density at radius 1 is 1.07 bits per heavy atom. The van der Waals surface area contributed by atoms with E-state index in [1.165, 1.54) is 37.3 Å². The molecule has 1 aliphatic carbocycles. The molecule has 0 radical (unpaired) electrons. The van der Waals surface area contributed by atoms with E-state index >= 15 is 0 Å². The van der Waals surface area contributed by atoms with Crippen molar-refractivity contribution in [2.45, 2.75) is 45.6 Å². The largest absolute Gasteiger partial charge is 0.449 e. The Hall–Kier alpha value is -1.80. The number of aryl methyl sites for hydroxylation is 1. The molecule has 2 N–H and O–H groups in total. The normalized spacial score (nSPS) is 13.9. The number of amides is 2. The van der Waals surface area contributed by atoms with Crippen molar-refractivity contribution in [3.8, 4) is 0 Å². The zero-order chi connectivity index (χ0) is 22.0. The first-order valence-electron chi connectivity index (χ1n) is 9.26. The number of benzene rings is 1. The second-order valence-electron chi connectivity index (χ2n) is 6.88. The molecule has 1 atom stereocenters. The minimum atomic E-state index is -1.12. The molecule has 2 aromatic rings. The summed E-state index contributed by atoms with van der Waals surface area (Å²) in [6, 6.07) is 2.89. The lowest BCUT2D eigenvalue weighted by molar-refractivity contribution is -0.123. The maximum Gasteiger partial charge on any atom is 0.342 e. The fourth-order valence-corrected chi connectivity index (χ4v) is 5.42. The number of hydrogen-bond acceptors (Lipinski definition) is 5. The molecule has 1 aromatic heterocycles. The smallest absolute Gasteiger partial charge is 0.342 e. The van der Waals surface area contributed by atoms with Crippen LogP contribution in [0.15, 0.2) is 12.1 Å². The van der Waals surface area contributed by atoms with Gasteiger partial charge in [0.1, 0.15) is 5.00 Å². The molecule has 10 heteroatoms. The van der Waals surface area contributed by atoms with Crippen LogP contribution in [0.4, 0.5) is 10.7 Å². The van der Waals surface area contributed by atoms with Gasteiger partial charge in [-0.15, -0.1) is 11.3 Å². The predicted molar refractivity (Wildman–Crippen MR) is 120 cm³/mol. The molecule has 0 fully saturated rings. The molecule has 1 aromatic carbocycles. The lowest BCUT2D eigenvalue weighted by Gasteiger charge is -2.17. The second kappa shape index (κ2) is 9.56. The number of halogens is 3. The average molecular weight is 490 g/mol. The van der Waals surface area contributed by atoms with Crippen LogP contribution < -0.4 is 10.6 Å². The van der Waals surface area contributed by atoms with Crippen molar-refractivity contribution >= 4 is 74.6 Å². The molecule has 3 rings (SSSR count). The van der Waals surface area contributed by atoms with E-state index in [4.69, 9.17) is 39.5 Å². The molecule has 160 valence electrons. The molecule has 1 unspecified atom stereocenters. The number of thiophene rings is 1. The van der Waals surface area contributed by atoms with Gasteiger partial charge in [0.15, 0.2) is 6.10 Å². The van der Waals surface area contributed by atoms with Gasteiger partial charge in [0.2, 0.25) is 5.91 Å². The third kappa shape index (κ3) is 5.09. The molecule has 0 aliphatic heterocycles. The van der Waals surface area contributed by atoms with Crippen molar-refractivity contribution in [1.29, 1.82) is 0 Å². The van der Waals surface area contributed by atoms with Crippen LogP contribution in [-0.2, 0) is 27.2 Å². The number of carbonyl (C=O) groups excluding carboxylic acids is 3. The van der Waals surface area contributed by atoms with E-state index < -0.39 is 18.0 Å². The number of hydrogen-bond donors (Lipinski definition) is 2. The summed E-state index contributed by atoms with van der Waals surface area (Å²) in [6.45, 7) is 2.82. The maximum atomic E-state index is 12.9. The van der Waals surface area contributed by atoms with Crippen LogP contribution in [0, 0.1) is 0 Å². The summed E-state index contributed by atoms with van der Waals surface area (Å²) in [5, 5.41) is 6.38. The van der Waals surface area contributed by atoms with Crippen LogP contribution in [-0.4, -0.2) is 23.9 Å². The average Bonchev–Trinajstić information content (AvgIpc) is 3.01. The van der Waals surface area contributed by atoms with Crippen LogP contribution in [0.3, 0.4) is 0 Å². The van der Waals surface area contributed by atoms with E-state index in [9.17, 15) is 14.4 Å². The monoisotopic (exact) mass is 488 g/mol. The number of rotatable bonds is 5. The lowest BCUT2D eigenvalue weighted by atomic mass is 9.95. The van der Waals surface area contributed by atoms with Crippen molar-refractivity contribution in [3.63, 3.8) is 0 Å².